The fraction of sp³-hybridized carbons (Fsp3) is 0.536. The van der Waals surface area contributed by atoms with Crippen LogP contribution in [0.5, 0.6) is 0 Å². The molecule has 1 aromatic carbocycles. The lowest BCUT2D eigenvalue weighted by atomic mass is 9.83. The molecule has 8 nitrogen and oxygen atoms in total. The van der Waals surface area contributed by atoms with Gasteiger partial charge in [0.05, 0.1) is 6.07 Å². The van der Waals surface area contributed by atoms with E-state index in [9.17, 15) is 37.2 Å². The first-order valence-corrected chi connectivity index (χ1v) is 13.1. The van der Waals surface area contributed by atoms with Gasteiger partial charge in [0.15, 0.2) is 0 Å². The Morgan fingerprint density at radius 3 is 2.40 bits per heavy atom. The number of hydrogen-bond acceptors (Lipinski definition) is 5. The van der Waals surface area contributed by atoms with Gasteiger partial charge in [0, 0.05) is 29.9 Å². The summed E-state index contributed by atoms with van der Waals surface area (Å²) in [5, 5.41) is 15.4. The minimum atomic E-state index is -5.19. The highest BCUT2D eigenvalue weighted by molar-refractivity contribution is 5.94. The van der Waals surface area contributed by atoms with E-state index in [1.807, 2.05) is 11.4 Å². The second kappa shape index (κ2) is 10.7. The summed E-state index contributed by atoms with van der Waals surface area (Å²) in [6.07, 6.45) is 1.20. The van der Waals surface area contributed by atoms with Gasteiger partial charge in [-0.05, 0) is 47.6 Å². The molecule has 2 unspecified atom stereocenters. The maximum Gasteiger partial charge on any atom is 0.471 e. The average Bonchev–Trinajstić information content (AvgIpc) is 3.50. The smallest absolute Gasteiger partial charge is 0.336 e. The van der Waals surface area contributed by atoms with Gasteiger partial charge < -0.3 is 15.5 Å². The van der Waals surface area contributed by atoms with Crippen molar-refractivity contribution in [3.05, 3.63) is 42.0 Å². The zero-order chi connectivity index (χ0) is 29.5. The van der Waals surface area contributed by atoms with Gasteiger partial charge in [-0.3, -0.25) is 19.4 Å². The molecule has 40 heavy (non-hydrogen) atoms. The number of pyridine rings is 1. The third kappa shape index (κ3) is 5.88. The molecule has 2 aromatic rings. The number of fused-ring (bicyclic) bond motifs is 1. The number of amides is 3. The number of alkyl halides is 3. The van der Waals surface area contributed by atoms with Gasteiger partial charge in [-0.25, -0.2) is 4.39 Å². The number of carbonyl (C=O) groups is 3. The number of halogens is 4. The van der Waals surface area contributed by atoms with E-state index in [1.165, 1.54) is 56.3 Å². The molecule has 12 heteroatoms. The van der Waals surface area contributed by atoms with Crippen LogP contribution < -0.4 is 10.6 Å². The molecular formula is C28H31F4N5O3. The van der Waals surface area contributed by atoms with Gasteiger partial charge in [0.1, 0.15) is 23.9 Å². The minimum Gasteiger partial charge on any atom is -0.336 e. The van der Waals surface area contributed by atoms with Crippen molar-refractivity contribution in [1.29, 1.82) is 5.26 Å². The molecule has 1 saturated heterocycles. The summed E-state index contributed by atoms with van der Waals surface area (Å²) in [6.45, 7) is 4.75. The number of carbonyl (C=O) groups excluding carboxylic acids is 3. The normalized spacial score (nSPS) is 20.2. The van der Waals surface area contributed by atoms with Gasteiger partial charge >= 0.3 is 12.1 Å². The molecule has 1 spiro atoms. The molecule has 1 aliphatic carbocycles. The predicted molar refractivity (Wildman–Crippen MR) is 137 cm³/mol. The molecule has 4 rings (SSSR count). The van der Waals surface area contributed by atoms with Crippen LogP contribution in [0.25, 0.3) is 10.8 Å². The lowest BCUT2D eigenvalue weighted by molar-refractivity contribution is -0.176. The van der Waals surface area contributed by atoms with Gasteiger partial charge in [-0.2, -0.15) is 18.4 Å². The first-order chi connectivity index (χ1) is 18.6. The zero-order valence-electron chi connectivity index (χ0n) is 22.4. The number of nitrogens with zero attached hydrogens (tertiary/aromatic N) is 3. The Hall–Kier alpha value is -3.75. The lowest BCUT2D eigenvalue weighted by Gasteiger charge is -2.36. The van der Waals surface area contributed by atoms with Crippen molar-refractivity contribution in [2.45, 2.75) is 77.2 Å². The Labute approximate surface area is 229 Å². The summed E-state index contributed by atoms with van der Waals surface area (Å²) >= 11 is 0. The standard InChI is InChI=1S/C28H31F4N5O3/c1-26(2,3)22(36-25(40)28(30,31)32)24(39)37-15-27(8-4-5-9-27)11-21(37)23(38)35-20(12-33)19-14-34-13-16-10-17(29)6-7-18(16)19/h6-7,10,13-14,20-22H,4-5,8-9,11,15H2,1-3H3,(H,35,38)(H,36,40)/t20?,21-,22?/m0/s1. The molecule has 0 bridgehead atoms. The molecule has 2 heterocycles. The summed E-state index contributed by atoms with van der Waals surface area (Å²) in [5.41, 5.74) is -1.14. The summed E-state index contributed by atoms with van der Waals surface area (Å²) in [5.74, 6) is -4.15. The van der Waals surface area contributed by atoms with Crippen LogP contribution in [-0.2, 0) is 14.4 Å². The Kier molecular flexibility index (Phi) is 7.80. The van der Waals surface area contributed by atoms with Crippen molar-refractivity contribution in [2.24, 2.45) is 10.8 Å². The molecule has 1 saturated carbocycles. The number of hydrogen-bond donors (Lipinski definition) is 2. The Bertz CT molecular complexity index is 1360. The number of nitrogens with one attached hydrogen (secondary N) is 2. The van der Waals surface area contributed by atoms with E-state index in [0.717, 1.165) is 25.7 Å². The number of benzene rings is 1. The third-order valence-corrected chi connectivity index (χ3v) is 7.88. The van der Waals surface area contributed by atoms with Crippen LogP contribution in [0.4, 0.5) is 17.6 Å². The maximum atomic E-state index is 13.8. The van der Waals surface area contributed by atoms with Crippen molar-refractivity contribution < 1.29 is 31.9 Å². The fourth-order valence-electron chi connectivity index (χ4n) is 5.86. The molecule has 1 aromatic heterocycles. The molecule has 2 N–H and O–H groups in total. The fourth-order valence-corrected chi connectivity index (χ4v) is 5.86. The summed E-state index contributed by atoms with van der Waals surface area (Å²) in [4.78, 5) is 44.6. The minimum absolute atomic E-state index is 0.157. The van der Waals surface area contributed by atoms with E-state index in [-0.39, 0.29) is 18.4 Å². The molecule has 214 valence electrons. The van der Waals surface area contributed by atoms with E-state index in [1.54, 1.807) is 0 Å². The van der Waals surface area contributed by atoms with Crippen LogP contribution in [0, 0.1) is 28.0 Å². The van der Waals surface area contributed by atoms with E-state index in [2.05, 4.69) is 10.3 Å². The molecule has 1 aliphatic heterocycles. The number of nitriles is 1. The Balaban J connectivity index is 1.64. The molecule has 3 amide bonds. The van der Waals surface area contributed by atoms with Crippen molar-refractivity contribution in [1.82, 2.24) is 20.5 Å². The Morgan fingerprint density at radius 2 is 1.80 bits per heavy atom. The van der Waals surface area contributed by atoms with Gasteiger partial charge in [-0.1, -0.05) is 39.7 Å². The number of likely N-dealkylation sites (tertiary alicyclic amines) is 1. The molecule has 0 radical (unpaired) electrons. The third-order valence-electron chi connectivity index (χ3n) is 7.88. The Morgan fingerprint density at radius 1 is 1.12 bits per heavy atom. The zero-order valence-corrected chi connectivity index (χ0v) is 22.4. The van der Waals surface area contributed by atoms with Gasteiger partial charge in [-0.15, -0.1) is 0 Å². The highest BCUT2D eigenvalue weighted by Gasteiger charge is 2.53. The van der Waals surface area contributed by atoms with Crippen LogP contribution in [0.2, 0.25) is 0 Å². The summed E-state index contributed by atoms with van der Waals surface area (Å²) in [6, 6.07) is 2.20. The lowest BCUT2D eigenvalue weighted by Crippen LogP contribution is -2.59. The summed E-state index contributed by atoms with van der Waals surface area (Å²) in [7, 11) is 0. The van der Waals surface area contributed by atoms with Crippen LogP contribution in [0.3, 0.4) is 0 Å². The van der Waals surface area contributed by atoms with Gasteiger partial charge in [0.2, 0.25) is 11.8 Å². The molecule has 3 atom stereocenters. The van der Waals surface area contributed by atoms with Crippen LogP contribution >= 0.6 is 0 Å². The van der Waals surface area contributed by atoms with Crippen LogP contribution in [-0.4, -0.2) is 52.4 Å². The highest BCUT2D eigenvalue weighted by Crippen LogP contribution is 2.48. The quantitative estimate of drug-likeness (QED) is 0.528. The van der Waals surface area contributed by atoms with Crippen molar-refractivity contribution >= 4 is 28.5 Å². The van der Waals surface area contributed by atoms with Crippen LogP contribution in [0.15, 0.2) is 30.6 Å². The van der Waals surface area contributed by atoms with Crippen molar-refractivity contribution in [3.8, 4) is 6.07 Å². The monoisotopic (exact) mass is 561 g/mol. The number of aromatic nitrogens is 1. The molecule has 2 fully saturated rings. The van der Waals surface area contributed by atoms with E-state index in [4.69, 9.17) is 0 Å². The first kappa shape index (κ1) is 29.2. The maximum absolute atomic E-state index is 13.8. The highest BCUT2D eigenvalue weighted by atomic mass is 19.4. The van der Waals surface area contributed by atoms with Crippen molar-refractivity contribution in [2.75, 3.05) is 6.54 Å². The van der Waals surface area contributed by atoms with E-state index < -0.39 is 53.3 Å². The average molecular weight is 562 g/mol. The van der Waals surface area contributed by atoms with E-state index >= 15 is 0 Å². The number of rotatable bonds is 5. The first-order valence-electron chi connectivity index (χ1n) is 13.1. The topological polar surface area (TPSA) is 115 Å². The largest absolute Gasteiger partial charge is 0.471 e. The second-order valence-electron chi connectivity index (χ2n) is 11.8. The predicted octanol–water partition coefficient (Wildman–Crippen LogP) is 4.31. The van der Waals surface area contributed by atoms with Crippen LogP contribution in [0.1, 0.15) is 64.5 Å². The van der Waals surface area contributed by atoms with Gasteiger partial charge in [0.25, 0.3) is 0 Å². The van der Waals surface area contributed by atoms with Crippen molar-refractivity contribution in [3.63, 3.8) is 0 Å². The SMILES string of the molecule is CC(C)(C)C(NC(=O)C(F)(F)F)C(=O)N1CC2(CCCC2)C[C@H]1C(=O)NC(C#N)c1cncc2cc(F)ccc12. The second-order valence-corrected chi connectivity index (χ2v) is 11.8. The molecular weight excluding hydrogens is 530 g/mol. The van der Waals surface area contributed by atoms with E-state index in [0.29, 0.717) is 16.3 Å². The molecule has 2 aliphatic rings. The summed E-state index contributed by atoms with van der Waals surface area (Å²) < 4.78 is 53.0.